The molecule has 0 aliphatic heterocycles. The van der Waals surface area contributed by atoms with Gasteiger partial charge in [0.2, 0.25) is 10.0 Å². The fraction of sp³-hybridized carbons (Fsp3) is 0.0714. The molecule has 0 spiro atoms. The highest BCUT2D eigenvalue weighted by Crippen LogP contribution is 2.18. The molecule has 0 saturated heterocycles. The summed E-state index contributed by atoms with van der Waals surface area (Å²) in [5.74, 6) is -2.41. The molecule has 1 amide bonds. The van der Waals surface area contributed by atoms with Crippen molar-refractivity contribution in [3.8, 4) is 0 Å². The second kappa shape index (κ2) is 6.76. The number of halogens is 3. The highest BCUT2D eigenvalue weighted by molar-refractivity contribution is 9.10. The molecule has 2 rings (SSSR count). The van der Waals surface area contributed by atoms with E-state index in [1.54, 1.807) is 24.3 Å². The predicted molar refractivity (Wildman–Crippen MR) is 85.6 cm³/mol. The van der Waals surface area contributed by atoms with Crippen molar-refractivity contribution in [2.45, 2.75) is 5.75 Å². The van der Waals surface area contributed by atoms with E-state index in [0.717, 1.165) is 10.5 Å². The molecule has 0 atom stereocenters. The molecular formula is C14H10BrClFNO3S. The summed E-state index contributed by atoms with van der Waals surface area (Å²) in [6.07, 6.45) is 0. The van der Waals surface area contributed by atoms with Crippen molar-refractivity contribution in [3.05, 3.63) is 68.9 Å². The zero-order valence-electron chi connectivity index (χ0n) is 11.0. The third-order valence-electron chi connectivity index (χ3n) is 2.71. The maximum atomic E-state index is 13.7. The Morgan fingerprint density at radius 1 is 1.18 bits per heavy atom. The molecule has 2 aromatic carbocycles. The number of hydrogen-bond acceptors (Lipinski definition) is 3. The summed E-state index contributed by atoms with van der Waals surface area (Å²) in [5, 5.41) is -0.252. The maximum absolute atomic E-state index is 13.7. The highest BCUT2D eigenvalue weighted by atomic mass is 79.9. The van der Waals surface area contributed by atoms with Crippen molar-refractivity contribution < 1.29 is 17.6 Å². The zero-order valence-corrected chi connectivity index (χ0v) is 14.2. The van der Waals surface area contributed by atoms with Gasteiger partial charge in [-0.25, -0.2) is 17.5 Å². The van der Waals surface area contributed by atoms with E-state index in [0.29, 0.717) is 5.56 Å². The van der Waals surface area contributed by atoms with Gasteiger partial charge in [-0.3, -0.25) is 4.79 Å². The molecule has 0 radical (unpaired) electrons. The molecule has 0 heterocycles. The first kappa shape index (κ1) is 16.9. The standard InChI is InChI=1S/C14H10BrClFNO3S/c15-10-6-4-9(5-7-10)8-22(20,21)18-14(19)11-2-1-3-12(16)13(11)17/h1-7H,8H2,(H,18,19). The molecule has 0 unspecified atom stereocenters. The van der Waals surface area contributed by atoms with Crippen molar-refractivity contribution in [2.75, 3.05) is 0 Å². The Morgan fingerprint density at radius 2 is 1.82 bits per heavy atom. The van der Waals surface area contributed by atoms with Crippen LogP contribution in [-0.2, 0) is 15.8 Å². The van der Waals surface area contributed by atoms with Crippen LogP contribution in [0.4, 0.5) is 4.39 Å². The largest absolute Gasteiger partial charge is 0.268 e. The van der Waals surface area contributed by atoms with E-state index in [9.17, 15) is 17.6 Å². The molecular weight excluding hydrogens is 397 g/mol. The summed E-state index contributed by atoms with van der Waals surface area (Å²) in [6.45, 7) is 0. The van der Waals surface area contributed by atoms with Gasteiger partial charge >= 0.3 is 0 Å². The Bertz CT molecular complexity index is 809. The molecule has 116 valence electrons. The molecule has 2 aromatic rings. The number of sulfonamides is 1. The number of amides is 1. The third kappa shape index (κ3) is 4.28. The van der Waals surface area contributed by atoms with Crippen LogP contribution in [0.15, 0.2) is 46.9 Å². The molecule has 22 heavy (non-hydrogen) atoms. The smallest absolute Gasteiger partial charge is 0.267 e. The van der Waals surface area contributed by atoms with E-state index in [4.69, 9.17) is 11.6 Å². The van der Waals surface area contributed by atoms with Gasteiger partial charge in [0.15, 0.2) is 5.82 Å². The summed E-state index contributed by atoms with van der Waals surface area (Å²) in [4.78, 5) is 11.9. The van der Waals surface area contributed by atoms with Gasteiger partial charge < -0.3 is 0 Å². The zero-order chi connectivity index (χ0) is 16.3. The second-order valence-corrected chi connectivity index (χ2v) is 7.46. The van der Waals surface area contributed by atoms with E-state index in [1.807, 2.05) is 4.72 Å². The van der Waals surface area contributed by atoms with Crippen molar-refractivity contribution >= 4 is 43.5 Å². The molecule has 0 aromatic heterocycles. The van der Waals surface area contributed by atoms with Crippen LogP contribution in [0, 0.1) is 5.82 Å². The van der Waals surface area contributed by atoms with Crippen LogP contribution in [0.1, 0.15) is 15.9 Å². The fourth-order valence-electron chi connectivity index (χ4n) is 1.71. The van der Waals surface area contributed by atoms with Crippen LogP contribution in [-0.4, -0.2) is 14.3 Å². The Morgan fingerprint density at radius 3 is 2.45 bits per heavy atom. The van der Waals surface area contributed by atoms with Crippen LogP contribution < -0.4 is 4.72 Å². The Labute approximate surface area is 140 Å². The van der Waals surface area contributed by atoms with Gasteiger partial charge in [-0.1, -0.05) is 45.7 Å². The van der Waals surface area contributed by atoms with Gasteiger partial charge in [-0.2, -0.15) is 0 Å². The predicted octanol–water partition coefficient (Wildman–Crippen LogP) is 3.50. The minimum atomic E-state index is -3.95. The number of carbonyl (C=O) groups excluding carboxylic acids is 1. The van der Waals surface area contributed by atoms with Gasteiger partial charge in [-0.05, 0) is 29.8 Å². The number of benzene rings is 2. The lowest BCUT2D eigenvalue weighted by Gasteiger charge is -2.08. The van der Waals surface area contributed by atoms with Gasteiger partial charge in [0, 0.05) is 4.47 Å². The van der Waals surface area contributed by atoms with Gasteiger partial charge in [0.25, 0.3) is 5.91 Å². The summed E-state index contributed by atoms with van der Waals surface area (Å²) in [5.41, 5.74) is 0.0712. The summed E-state index contributed by atoms with van der Waals surface area (Å²) < 4.78 is 40.3. The number of rotatable bonds is 4. The van der Waals surface area contributed by atoms with Gasteiger partial charge in [0.05, 0.1) is 16.3 Å². The van der Waals surface area contributed by atoms with Crippen LogP contribution >= 0.6 is 27.5 Å². The van der Waals surface area contributed by atoms with Crippen LogP contribution in [0.2, 0.25) is 5.02 Å². The average Bonchev–Trinajstić information content (AvgIpc) is 2.43. The number of carbonyl (C=O) groups is 1. The first-order valence-corrected chi connectivity index (χ1v) is 8.84. The lowest BCUT2D eigenvalue weighted by molar-refractivity contribution is 0.0977. The Kier molecular flexibility index (Phi) is 5.20. The van der Waals surface area contributed by atoms with E-state index in [-0.39, 0.29) is 5.02 Å². The van der Waals surface area contributed by atoms with E-state index in [2.05, 4.69) is 15.9 Å². The summed E-state index contributed by atoms with van der Waals surface area (Å²) in [6, 6.07) is 10.4. The van der Waals surface area contributed by atoms with Gasteiger partial charge in [-0.15, -0.1) is 0 Å². The Hall–Kier alpha value is -1.44. The van der Waals surface area contributed by atoms with E-state index < -0.39 is 33.1 Å². The molecule has 0 aliphatic rings. The highest BCUT2D eigenvalue weighted by Gasteiger charge is 2.20. The Balaban J connectivity index is 2.16. The first-order chi connectivity index (χ1) is 10.3. The molecule has 0 aliphatic carbocycles. The quantitative estimate of drug-likeness (QED) is 0.845. The monoisotopic (exact) mass is 405 g/mol. The van der Waals surface area contributed by atoms with Crippen molar-refractivity contribution in [1.82, 2.24) is 4.72 Å². The lowest BCUT2D eigenvalue weighted by Crippen LogP contribution is -2.32. The normalized spacial score (nSPS) is 11.2. The van der Waals surface area contributed by atoms with Crippen LogP contribution in [0.3, 0.4) is 0 Å². The van der Waals surface area contributed by atoms with Crippen molar-refractivity contribution in [2.24, 2.45) is 0 Å². The lowest BCUT2D eigenvalue weighted by atomic mass is 10.2. The minimum Gasteiger partial charge on any atom is -0.268 e. The SMILES string of the molecule is O=C(NS(=O)(=O)Cc1ccc(Br)cc1)c1cccc(Cl)c1F. The third-order valence-corrected chi connectivity index (χ3v) is 4.74. The van der Waals surface area contributed by atoms with E-state index >= 15 is 0 Å². The fourth-order valence-corrected chi connectivity index (χ4v) is 3.25. The molecule has 0 bridgehead atoms. The molecule has 1 N–H and O–H groups in total. The molecule has 4 nitrogen and oxygen atoms in total. The summed E-state index contributed by atoms with van der Waals surface area (Å²) in [7, 11) is -3.95. The minimum absolute atomic E-state index is 0.252. The number of hydrogen-bond donors (Lipinski definition) is 1. The van der Waals surface area contributed by atoms with Gasteiger partial charge in [0.1, 0.15) is 0 Å². The first-order valence-electron chi connectivity index (χ1n) is 6.02. The van der Waals surface area contributed by atoms with Crippen molar-refractivity contribution in [1.29, 1.82) is 0 Å². The average molecular weight is 407 g/mol. The molecule has 0 fully saturated rings. The molecule has 8 heteroatoms. The molecule has 0 saturated carbocycles. The second-order valence-electron chi connectivity index (χ2n) is 4.42. The topological polar surface area (TPSA) is 63.2 Å². The van der Waals surface area contributed by atoms with Crippen LogP contribution in [0.5, 0.6) is 0 Å². The van der Waals surface area contributed by atoms with E-state index in [1.165, 1.54) is 12.1 Å². The summed E-state index contributed by atoms with van der Waals surface area (Å²) >= 11 is 8.80. The number of nitrogens with one attached hydrogen (secondary N) is 1. The maximum Gasteiger partial charge on any atom is 0.267 e. The van der Waals surface area contributed by atoms with Crippen molar-refractivity contribution in [3.63, 3.8) is 0 Å². The van der Waals surface area contributed by atoms with Crippen LogP contribution in [0.25, 0.3) is 0 Å².